The highest BCUT2D eigenvalue weighted by Gasteiger charge is 2.23. The van der Waals surface area contributed by atoms with E-state index in [1.54, 1.807) is 32.5 Å². The van der Waals surface area contributed by atoms with Gasteiger partial charge in [0.2, 0.25) is 0 Å². The molecule has 7 nitrogen and oxygen atoms in total. The number of carbonyl (C=O) groups excluding carboxylic acids is 2. The Morgan fingerprint density at radius 3 is 2.35 bits per heavy atom. The molecule has 0 unspecified atom stereocenters. The Labute approximate surface area is 152 Å². The van der Waals surface area contributed by atoms with Crippen molar-refractivity contribution >= 4 is 24.5 Å². The van der Waals surface area contributed by atoms with Gasteiger partial charge >= 0.3 is 13.1 Å². The second-order valence-corrected chi connectivity index (χ2v) is 5.54. The van der Waals surface area contributed by atoms with Crippen LogP contribution in [0.3, 0.4) is 0 Å². The molecule has 0 bridgehead atoms. The molecule has 0 aliphatic rings. The summed E-state index contributed by atoms with van der Waals surface area (Å²) in [4.78, 5) is 28.3. The average Bonchev–Trinajstić information content (AvgIpc) is 2.69. The van der Waals surface area contributed by atoms with Gasteiger partial charge in [-0.1, -0.05) is 24.3 Å². The van der Waals surface area contributed by atoms with E-state index in [9.17, 15) is 9.59 Å². The number of hydrogen-bond acceptors (Lipinski definition) is 6. The molecule has 0 saturated heterocycles. The van der Waals surface area contributed by atoms with Crippen LogP contribution in [0.15, 0.2) is 48.8 Å². The van der Waals surface area contributed by atoms with Crippen molar-refractivity contribution in [2.24, 2.45) is 0 Å². The van der Waals surface area contributed by atoms with Gasteiger partial charge in [0.25, 0.3) is 5.91 Å². The zero-order chi connectivity index (χ0) is 18.9. The smallest absolute Gasteiger partial charge is 0.467 e. The molecule has 0 radical (unpaired) electrons. The van der Waals surface area contributed by atoms with Crippen molar-refractivity contribution < 1.29 is 23.6 Å². The van der Waals surface area contributed by atoms with Crippen LogP contribution in [-0.4, -0.2) is 51.4 Å². The van der Waals surface area contributed by atoms with Gasteiger partial charge in [-0.25, -0.2) is 4.79 Å². The summed E-state index contributed by atoms with van der Waals surface area (Å²) in [6.45, 7) is 0. The fourth-order valence-electron chi connectivity index (χ4n) is 2.49. The Balaban J connectivity index is 2.10. The van der Waals surface area contributed by atoms with Crippen LogP contribution in [0, 0.1) is 0 Å². The molecule has 1 heterocycles. The van der Waals surface area contributed by atoms with Crippen molar-refractivity contribution in [1.29, 1.82) is 0 Å². The zero-order valence-electron chi connectivity index (χ0n) is 15.0. The fraction of sp³-hybridized carbons (Fsp3) is 0.278. The highest BCUT2D eigenvalue weighted by Crippen LogP contribution is 2.06. The van der Waals surface area contributed by atoms with Crippen LogP contribution in [0.4, 0.5) is 0 Å². The van der Waals surface area contributed by atoms with Gasteiger partial charge in [-0.3, -0.25) is 9.78 Å². The first-order chi connectivity index (χ1) is 12.6. The molecule has 8 heteroatoms. The van der Waals surface area contributed by atoms with E-state index in [1.165, 1.54) is 13.3 Å². The fourth-order valence-corrected chi connectivity index (χ4v) is 2.49. The lowest BCUT2D eigenvalue weighted by molar-refractivity contribution is -0.142. The Kier molecular flexibility index (Phi) is 7.31. The lowest BCUT2D eigenvalue weighted by Gasteiger charge is -2.17. The van der Waals surface area contributed by atoms with Crippen LogP contribution < -0.4 is 10.8 Å². The molecule has 1 aromatic carbocycles. The van der Waals surface area contributed by atoms with E-state index >= 15 is 0 Å². The summed E-state index contributed by atoms with van der Waals surface area (Å²) >= 11 is 0. The van der Waals surface area contributed by atoms with Crippen LogP contribution >= 0.6 is 0 Å². The van der Waals surface area contributed by atoms with E-state index in [0.717, 1.165) is 11.0 Å². The van der Waals surface area contributed by atoms with Crippen molar-refractivity contribution in [3.8, 4) is 0 Å². The SMILES string of the molecule is COB(OC)c1ccc(C[C@H](NC(=O)c2cccnc2)C(=O)OC)cc1. The molecule has 1 amide bonds. The first kappa shape index (κ1) is 19.6. The molecular formula is C18H21BN2O5. The number of aromatic nitrogens is 1. The Morgan fingerprint density at radius 1 is 1.12 bits per heavy atom. The average molecular weight is 356 g/mol. The third-order valence-electron chi connectivity index (χ3n) is 3.83. The van der Waals surface area contributed by atoms with E-state index in [1.807, 2.05) is 24.3 Å². The maximum absolute atomic E-state index is 12.3. The van der Waals surface area contributed by atoms with Crippen molar-refractivity contribution in [2.45, 2.75) is 12.5 Å². The lowest BCUT2D eigenvalue weighted by Crippen LogP contribution is -2.43. The van der Waals surface area contributed by atoms with Gasteiger partial charge in [0, 0.05) is 33.0 Å². The van der Waals surface area contributed by atoms with Crippen molar-refractivity contribution in [3.05, 3.63) is 59.9 Å². The van der Waals surface area contributed by atoms with Crippen LogP contribution in [0.1, 0.15) is 15.9 Å². The van der Waals surface area contributed by atoms with E-state index in [4.69, 9.17) is 14.0 Å². The number of nitrogens with zero attached hydrogens (tertiary/aromatic N) is 1. The van der Waals surface area contributed by atoms with Gasteiger partial charge in [0.15, 0.2) is 0 Å². The van der Waals surface area contributed by atoms with Crippen molar-refractivity contribution in [2.75, 3.05) is 21.3 Å². The summed E-state index contributed by atoms with van der Waals surface area (Å²) in [7, 11) is 3.95. The maximum Gasteiger partial charge on any atom is 0.493 e. The van der Waals surface area contributed by atoms with Crippen LogP contribution in [0.5, 0.6) is 0 Å². The third-order valence-corrected chi connectivity index (χ3v) is 3.83. The quantitative estimate of drug-likeness (QED) is 0.550. The molecule has 0 aliphatic carbocycles. The predicted molar refractivity (Wildman–Crippen MR) is 97.1 cm³/mol. The number of benzene rings is 1. The Morgan fingerprint density at radius 2 is 1.81 bits per heavy atom. The van der Waals surface area contributed by atoms with Crippen LogP contribution in [0.2, 0.25) is 0 Å². The summed E-state index contributed by atoms with van der Waals surface area (Å²) in [5.74, 6) is -0.901. The molecule has 26 heavy (non-hydrogen) atoms. The molecule has 136 valence electrons. The van der Waals surface area contributed by atoms with Gasteiger partial charge in [0.1, 0.15) is 6.04 Å². The first-order valence-corrected chi connectivity index (χ1v) is 8.02. The summed E-state index contributed by atoms with van der Waals surface area (Å²) in [5.41, 5.74) is 2.09. The zero-order valence-corrected chi connectivity index (χ0v) is 15.0. The summed E-state index contributed by atoms with van der Waals surface area (Å²) < 4.78 is 15.2. The number of rotatable bonds is 8. The number of pyridine rings is 1. The topological polar surface area (TPSA) is 86.8 Å². The van der Waals surface area contributed by atoms with Gasteiger partial charge in [-0.05, 0) is 23.2 Å². The third kappa shape index (κ3) is 5.14. The Hall–Kier alpha value is -2.71. The number of ether oxygens (including phenoxy) is 1. The van der Waals surface area contributed by atoms with E-state index in [-0.39, 0.29) is 5.91 Å². The van der Waals surface area contributed by atoms with E-state index in [0.29, 0.717) is 12.0 Å². The molecule has 1 N–H and O–H groups in total. The molecular weight excluding hydrogens is 335 g/mol. The molecule has 1 atom stereocenters. The largest absolute Gasteiger partial charge is 0.493 e. The molecule has 2 rings (SSSR count). The molecule has 0 fully saturated rings. The first-order valence-electron chi connectivity index (χ1n) is 8.02. The summed E-state index contributed by atoms with van der Waals surface area (Å²) in [5, 5.41) is 2.69. The summed E-state index contributed by atoms with van der Waals surface area (Å²) in [6.07, 6.45) is 3.31. The van der Waals surface area contributed by atoms with Gasteiger partial charge < -0.3 is 19.4 Å². The second-order valence-electron chi connectivity index (χ2n) is 5.54. The maximum atomic E-state index is 12.3. The lowest BCUT2D eigenvalue weighted by atomic mass is 9.78. The van der Waals surface area contributed by atoms with E-state index in [2.05, 4.69) is 10.3 Å². The second kappa shape index (κ2) is 9.69. The minimum atomic E-state index is -0.806. The number of methoxy groups -OCH3 is 1. The van der Waals surface area contributed by atoms with Crippen molar-refractivity contribution in [3.63, 3.8) is 0 Å². The van der Waals surface area contributed by atoms with Gasteiger partial charge in [-0.15, -0.1) is 0 Å². The Bertz CT molecular complexity index is 720. The summed E-state index contributed by atoms with van der Waals surface area (Å²) in [6, 6.07) is 9.89. The minimum Gasteiger partial charge on any atom is -0.467 e. The molecule has 1 aromatic heterocycles. The minimum absolute atomic E-state index is 0.295. The van der Waals surface area contributed by atoms with Crippen LogP contribution in [-0.2, 0) is 25.3 Å². The molecule has 0 aliphatic heterocycles. The molecule has 0 spiro atoms. The standard InChI is InChI=1S/C18H21BN2O5/c1-24-18(23)16(21-17(22)14-5-4-10-20-12-14)11-13-6-8-15(9-7-13)19(25-2)26-3/h4-10,12,16H,11H2,1-3H3,(H,21,22)/t16-/m0/s1. The van der Waals surface area contributed by atoms with Gasteiger partial charge in [0.05, 0.1) is 12.7 Å². The normalized spacial score (nSPS) is 11.5. The highest BCUT2D eigenvalue weighted by atomic mass is 16.6. The molecule has 2 aromatic rings. The number of amides is 1. The van der Waals surface area contributed by atoms with Crippen molar-refractivity contribution in [1.82, 2.24) is 10.3 Å². The van der Waals surface area contributed by atoms with Crippen LogP contribution in [0.25, 0.3) is 0 Å². The van der Waals surface area contributed by atoms with Gasteiger partial charge in [-0.2, -0.15) is 0 Å². The number of carbonyl (C=O) groups is 2. The number of nitrogens with one attached hydrogen (secondary N) is 1. The predicted octanol–water partition coefficient (Wildman–Crippen LogP) is 0.584. The number of hydrogen-bond donors (Lipinski definition) is 1. The van der Waals surface area contributed by atoms with E-state index < -0.39 is 19.1 Å². The monoisotopic (exact) mass is 356 g/mol. The molecule has 0 saturated carbocycles. The highest BCUT2D eigenvalue weighted by molar-refractivity contribution is 6.61. The number of esters is 1.